The van der Waals surface area contributed by atoms with Crippen LogP contribution in [0, 0.1) is 0 Å². The van der Waals surface area contributed by atoms with Crippen LogP contribution >= 0.6 is 0 Å². The van der Waals surface area contributed by atoms with Crippen molar-refractivity contribution in [2.45, 2.75) is 69.6 Å². The first kappa shape index (κ1) is 13.1. The molecule has 0 aromatic carbocycles. The Hall–Kier alpha value is -0.900. The van der Waals surface area contributed by atoms with Gasteiger partial charge in [0.1, 0.15) is 0 Å². The van der Waals surface area contributed by atoms with Gasteiger partial charge in [-0.15, -0.1) is 0 Å². The predicted molar refractivity (Wildman–Crippen MR) is 74.2 cm³/mol. The topological polar surface area (TPSA) is 51.0 Å². The summed E-state index contributed by atoms with van der Waals surface area (Å²) in [5.74, 6) is 2.42. The van der Waals surface area contributed by atoms with Crippen molar-refractivity contribution in [3.8, 4) is 0 Å². The fraction of sp³-hybridized carbons (Fsp3) is 0.867. The predicted octanol–water partition coefficient (Wildman–Crippen LogP) is 3.15. The molecule has 4 heteroatoms. The largest absolute Gasteiger partial charge is 0.339 e. The highest BCUT2D eigenvalue weighted by atomic mass is 16.5. The van der Waals surface area contributed by atoms with Crippen LogP contribution in [-0.2, 0) is 5.41 Å². The van der Waals surface area contributed by atoms with Gasteiger partial charge in [-0.05, 0) is 45.2 Å². The van der Waals surface area contributed by atoms with E-state index in [4.69, 9.17) is 9.51 Å². The highest BCUT2D eigenvalue weighted by molar-refractivity contribution is 5.09. The zero-order valence-electron chi connectivity index (χ0n) is 12.0. The van der Waals surface area contributed by atoms with E-state index in [-0.39, 0.29) is 5.41 Å². The zero-order valence-corrected chi connectivity index (χ0v) is 12.0. The van der Waals surface area contributed by atoms with Gasteiger partial charge < -0.3 is 9.84 Å². The fourth-order valence-corrected chi connectivity index (χ4v) is 3.60. The molecule has 0 unspecified atom stereocenters. The average Bonchev–Trinajstić information content (AvgIpc) is 2.99. The van der Waals surface area contributed by atoms with Crippen molar-refractivity contribution < 1.29 is 4.52 Å². The molecule has 1 aromatic rings. The normalized spacial score (nSPS) is 24.5. The molecule has 0 atom stereocenters. The van der Waals surface area contributed by atoms with E-state index in [0.29, 0.717) is 5.92 Å². The Balaban J connectivity index is 1.79. The molecule has 1 saturated carbocycles. The van der Waals surface area contributed by atoms with E-state index in [0.717, 1.165) is 44.1 Å². The standard InChI is InChI=1S/C15H25N3O/c1-2-15(8-10-16-11-9-15)14-17-13(18-19-14)12-6-4-3-5-7-12/h12,16H,2-11H2,1H3. The molecule has 0 bridgehead atoms. The maximum atomic E-state index is 5.66. The molecule has 0 spiro atoms. The Kier molecular flexibility index (Phi) is 3.87. The van der Waals surface area contributed by atoms with Crippen LogP contribution in [0.1, 0.15) is 75.9 Å². The van der Waals surface area contributed by atoms with Crippen molar-refractivity contribution in [3.05, 3.63) is 11.7 Å². The van der Waals surface area contributed by atoms with E-state index in [9.17, 15) is 0 Å². The lowest BCUT2D eigenvalue weighted by atomic mass is 9.76. The van der Waals surface area contributed by atoms with Gasteiger partial charge in [-0.25, -0.2) is 0 Å². The SMILES string of the molecule is CCC1(c2nc(C3CCCCC3)no2)CCNCC1. The Morgan fingerprint density at radius 3 is 2.63 bits per heavy atom. The lowest BCUT2D eigenvalue weighted by Gasteiger charge is -2.33. The number of nitrogens with one attached hydrogen (secondary N) is 1. The third kappa shape index (κ3) is 2.55. The first-order valence-corrected chi connectivity index (χ1v) is 7.89. The molecule has 2 fully saturated rings. The first-order chi connectivity index (χ1) is 9.34. The zero-order chi connectivity index (χ0) is 13.1. The smallest absolute Gasteiger partial charge is 0.232 e. The number of piperidine rings is 1. The monoisotopic (exact) mass is 263 g/mol. The van der Waals surface area contributed by atoms with Crippen LogP contribution < -0.4 is 5.32 Å². The molecule has 3 rings (SSSR count). The van der Waals surface area contributed by atoms with E-state index in [2.05, 4.69) is 17.4 Å². The van der Waals surface area contributed by atoms with Crippen LogP contribution in [0.2, 0.25) is 0 Å². The van der Waals surface area contributed by atoms with Gasteiger partial charge in [-0.2, -0.15) is 4.98 Å². The van der Waals surface area contributed by atoms with Gasteiger partial charge in [-0.3, -0.25) is 0 Å². The van der Waals surface area contributed by atoms with Crippen molar-refractivity contribution in [2.75, 3.05) is 13.1 Å². The lowest BCUT2D eigenvalue weighted by molar-refractivity contribution is 0.215. The fourth-order valence-electron chi connectivity index (χ4n) is 3.60. The van der Waals surface area contributed by atoms with Gasteiger partial charge in [-0.1, -0.05) is 31.3 Å². The van der Waals surface area contributed by atoms with Crippen LogP contribution in [0.4, 0.5) is 0 Å². The van der Waals surface area contributed by atoms with Gasteiger partial charge >= 0.3 is 0 Å². The molecular formula is C15H25N3O. The van der Waals surface area contributed by atoms with Crippen molar-refractivity contribution in [2.24, 2.45) is 0 Å². The van der Waals surface area contributed by atoms with Crippen molar-refractivity contribution in [1.29, 1.82) is 0 Å². The van der Waals surface area contributed by atoms with Crippen molar-refractivity contribution >= 4 is 0 Å². The number of aromatic nitrogens is 2. The summed E-state index contributed by atoms with van der Waals surface area (Å²) in [5, 5.41) is 7.73. The molecule has 19 heavy (non-hydrogen) atoms. The van der Waals surface area contributed by atoms with Gasteiger partial charge in [0.2, 0.25) is 5.89 Å². The number of hydrogen-bond acceptors (Lipinski definition) is 4. The molecule has 1 aliphatic carbocycles. The minimum atomic E-state index is 0.130. The summed E-state index contributed by atoms with van der Waals surface area (Å²) in [7, 11) is 0. The molecule has 4 nitrogen and oxygen atoms in total. The molecule has 0 amide bonds. The lowest BCUT2D eigenvalue weighted by Crippen LogP contribution is -2.39. The second-order valence-corrected chi connectivity index (χ2v) is 6.18. The summed E-state index contributed by atoms with van der Waals surface area (Å²) in [6.45, 7) is 4.37. The molecule has 1 aliphatic heterocycles. The summed E-state index contributed by atoms with van der Waals surface area (Å²) in [6.07, 6.45) is 9.81. The highest BCUT2D eigenvalue weighted by Crippen LogP contribution is 2.37. The number of hydrogen-bond donors (Lipinski definition) is 1. The van der Waals surface area contributed by atoms with Gasteiger partial charge in [0.05, 0.1) is 5.41 Å². The minimum absolute atomic E-state index is 0.130. The van der Waals surface area contributed by atoms with E-state index >= 15 is 0 Å². The Morgan fingerprint density at radius 2 is 1.95 bits per heavy atom. The minimum Gasteiger partial charge on any atom is -0.339 e. The third-order valence-electron chi connectivity index (χ3n) is 5.10. The molecule has 2 aliphatic rings. The molecule has 1 saturated heterocycles. The highest BCUT2D eigenvalue weighted by Gasteiger charge is 2.38. The van der Waals surface area contributed by atoms with Crippen LogP contribution in [0.25, 0.3) is 0 Å². The summed E-state index contributed by atoms with van der Waals surface area (Å²) in [4.78, 5) is 4.80. The molecular weight excluding hydrogens is 238 g/mol. The van der Waals surface area contributed by atoms with Crippen LogP contribution in [0.5, 0.6) is 0 Å². The Morgan fingerprint density at radius 1 is 1.21 bits per heavy atom. The van der Waals surface area contributed by atoms with E-state index in [1.807, 2.05) is 0 Å². The summed E-state index contributed by atoms with van der Waals surface area (Å²) >= 11 is 0. The van der Waals surface area contributed by atoms with Crippen LogP contribution in [0.15, 0.2) is 4.52 Å². The maximum absolute atomic E-state index is 5.66. The first-order valence-electron chi connectivity index (χ1n) is 7.89. The molecule has 2 heterocycles. The number of rotatable bonds is 3. The van der Waals surface area contributed by atoms with Gasteiger partial charge in [0.15, 0.2) is 5.82 Å². The summed E-state index contributed by atoms with van der Waals surface area (Å²) < 4.78 is 5.66. The van der Waals surface area contributed by atoms with E-state index < -0.39 is 0 Å². The molecule has 1 N–H and O–H groups in total. The second kappa shape index (κ2) is 5.61. The van der Waals surface area contributed by atoms with E-state index in [1.54, 1.807) is 0 Å². The average molecular weight is 263 g/mol. The van der Waals surface area contributed by atoms with Crippen molar-refractivity contribution in [3.63, 3.8) is 0 Å². The third-order valence-corrected chi connectivity index (χ3v) is 5.10. The second-order valence-electron chi connectivity index (χ2n) is 6.18. The Bertz CT molecular complexity index is 403. The molecule has 0 radical (unpaired) electrons. The summed E-state index contributed by atoms with van der Waals surface area (Å²) in [5.41, 5.74) is 0.130. The quantitative estimate of drug-likeness (QED) is 0.910. The van der Waals surface area contributed by atoms with E-state index in [1.165, 1.54) is 32.1 Å². The van der Waals surface area contributed by atoms with Crippen LogP contribution in [-0.4, -0.2) is 23.2 Å². The Labute approximate surface area is 115 Å². The molecule has 1 aromatic heterocycles. The van der Waals surface area contributed by atoms with Gasteiger partial charge in [0, 0.05) is 5.92 Å². The maximum Gasteiger partial charge on any atom is 0.232 e. The van der Waals surface area contributed by atoms with Crippen molar-refractivity contribution in [1.82, 2.24) is 15.5 Å². The van der Waals surface area contributed by atoms with Crippen LogP contribution in [0.3, 0.4) is 0 Å². The summed E-state index contributed by atoms with van der Waals surface area (Å²) in [6, 6.07) is 0. The molecule has 106 valence electrons. The number of nitrogens with zero attached hydrogens (tertiary/aromatic N) is 2. The van der Waals surface area contributed by atoms with Gasteiger partial charge in [0.25, 0.3) is 0 Å².